The summed E-state index contributed by atoms with van der Waals surface area (Å²) in [6, 6.07) is 17.5. The molecule has 0 aliphatic carbocycles. The lowest BCUT2D eigenvalue weighted by molar-refractivity contribution is -0.120. The Bertz CT molecular complexity index is 1030. The average Bonchev–Trinajstić information content (AvgIpc) is 2.70. The van der Waals surface area contributed by atoms with E-state index >= 15 is 0 Å². The van der Waals surface area contributed by atoms with Gasteiger partial charge < -0.3 is 10.2 Å². The molecule has 5 nitrogen and oxygen atoms in total. The molecule has 3 aromatic rings. The van der Waals surface area contributed by atoms with Gasteiger partial charge in [0.05, 0.1) is 22.6 Å². The van der Waals surface area contributed by atoms with Gasteiger partial charge in [-0.1, -0.05) is 49.0 Å². The number of pyridine rings is 1. The molecule has 0 saturated carbocycles. The maximum Gasteiger partial charge on any atom is 0.244 e. The SMILES string of the molecule is CCc1cc2ccccc2nc1SCC(=O)N1CC(=O)Nc2ccccc21. The molecule has 2 amide bonds. The summed E-state index contributed by atoms with van der Waals surface area (Å²) in [4.78, 5) is 31.1. The summed E-state index contributed by atoms with van der Waals surface area (Å²) in [5, 5.41) is 4.78. The van der Waals surface area contributed by atoms with Crippen molar-refractivity contribution in [2.24, 2.45) is 0 Å². The molecule has 2 aromatic carbocycles. The monoisotopic (exact) mass is 377 g/mol. The van der Waals surface area contributed by atoms with Crippen LogP contribution in [0.3, 0.4) is 0 Å². The maximum absolute atomic E-state index is 12.8. The summed E-state index contributed by atoms with van der Waals surface area (Å²) in [5.74, 6) is -0.0376. The Kier molecular flexibility index (Phi) is 4.81. The van der Waals surface area contributed by atoms with E-state index in [-0.39, 0.29) is 24.1 Å². The number of anilines is 2. The first-order chi connectivity index (χ1) is 13.2. The summed E-state index contributed by atoms with van der Waals surface area (Å²) in [7, 11) is 0. The number of carbonyl (C=O) groups excluding carboxylic acids is 2. The Morgan fingerprint density at radius 1 is 1.19 bits per heavy atom. The fourth-order valence-electron chi connectivity index (χ4n) is 3.18. The number of hydrogen-bond donors (Lipinski definition) is 1. The van der Waals surface area contributed by atoms with Crippen molar-refractivity contribution in [1.29, 1.82) is 0 Å². The van der Waals surface area contributed by atoms with Crippen LogP contribution in [0.15, 0.2) is 59.6 Å². The van der Waals surface area contributed by atoms with Crippen molar-refractivity contribution in [3.05, 3.63) is 60.2 Å². The second kappa shape index (κ2) is 7.40. The molecule has 6 heteroatoms. The number of aromatic nitrogens is 1. The molecule has 27 heavy (non-hydrogen) atoms. The van der Waals surface area contributed by atoms with Crippen molar-refractivity contribution in [1.82, 2.24) is 4.98 Å². The molecule has 4 rings (SSSR count). The Morgan fingerprint density at radius 3 is 2.81 bits per heavy atom. The zero-order chi connectivity index (χ0) is 18.8. The average molecular weight is 377 g/mol. The van der Waals surface area contributed by atoms with Crippen LogP contribution in [-0.2, 0) is 16.0 Å². The fraction of sp³-hybridized carbons (Fsp3) is 0.190. The van der Waals surface area contributed by atoms with Crippen molar-refractivity contribution in [2.45, 2.75) is 18.4 Å². The van der Waals surface area contributed by atoms with Crippen LogP contribution in [-0.4, -0.2) is 29.1 Å². The van der Waals surface area contributed by atoms with Gasteiger partial charge in [-0.05, 0) is 36.2 Å². The standard InChI is InChI=1S/C21H19N3O2S/c1-2-14-11-15-7-3-4-8-16(15)23-21(14)27-13-20(26)24-12-19(25)22-17-9-5-6-10-18(17)24/h3-11H,2,12-13H2,1H3,(H,22,25). The molecule has 0 radical (unpaired) electrons. The van der Waals surface area contributed by atoms with Gasteiger partial charge in [-0.15, -0.1) is 0 Å². The van der Waals surface area contributed by atoms with Crippen molar-refractivity contribution < 1.29 is 9.59 Å². The molecule has 1 N–H and O–H groups in total. The van der Waals surface area contributed by atoms with Crippen LogP contribution in [0, 0.1) is 0 Å². The molecule has 2 heterocycles. The Labute approximate surface area is 161 Å². The number of benzene rings is 2. The second-order valence-electron chi connectivity index (χ2n) is 6.33. The Hall–Kier alpha value is -2.86. The minimum absolute atomic E-state index is 0.0438. The summed E-state index contributed by atoms with van der Waals surface area (Å²) in [6.45, 7) is 2.13. The smallest absolute Gasteiger partial charge is 0.244 e. The molecular formula is C21H19N3O2S. The van der Waals surface area contributed by atoms with E-state index in [0.717, 1.165) is 33.6 Å². The quantitative estimate of drug-likeness (QED) is 0.701. The third-order valence-corrected chi connectivity index (χ3v) is 5.57. The molecule has 1 aromatic heterocycles. The molecular weight excluding hydrogens is 358 g/mol. The molecule has 136 valence electrons. The highest BCUT2D eigenvalue weighted by Gasteiger charge is 2.26. The minimum Gasteiger partial charge on any atom is -0.323 e. The van der Waals surface area contributed by atoms with Crippen LogP contribution >= 0.6 is 11.8 Å². The summed E-state index contributed by atoms with van der Waals surface area (Å²) >= 11 is 1.43. The van der Waals surface area contributed by atoms with Crippen molar-refractivity contribution in [2.75, 3.05) is 22.5 Å². The van der Waals surface area contributed by atoms with Gasteiger partial charge in [-0.2, -0.15) is 0 Å². The molecule has 1 aliphatic rings. The summed E-state index contributed by atoms with van der Waals surface area (Å²) in [5.41, 5.74) is 3.46. The van der Waals surface area contributed by atoms with E-state index in [1.807, 2.05) is 42.5 Å². The fourth-order valence-corrected chi connectivity index (χ4v) is 4.15. The third-order valence-electron chi connectivity index (χ3n) is 4.55. The lowest BCUT2D eigenvalue weighted by atomic mass is 10.1. The molecule has 0 atom stereocenters. The van der Waals surface area contributed by atoms with E-state index in [1.165, 1.54) is 11.8 Å². The van der Waals surface area contributed by atoms with Crippen LogP contribution in [0.5, 0.6) is 0 Å². The van der Waals surface area contributed by atoms with E-state index in [2.05, 4.69) is 18.3 Å². The zero-order valence-corrected chi connectivity index (χ0v) is 15.8. The van der Waals surface area contributed by atoms with E-state index in [4.69, 9.17) is 4.98 Å². The molecule has 0 spiro atoms. The van der Waals surface area contributed by atoms with Gasteiger partial charge in [0.1, 0.15) is 11.6 Å². The van der Waals surface area contributed by atoms with Crippen molar-refractivity contribution in [3.63, 3.8) is 0 Å². The van der Waals surface area contributed by atoms with Gasteiger partial charge in [0.2, 0.25) is 11.8 Å². The molecule has 1 aliphatic heterocycles. The molecule has 0 fully saturated rings. The second-order valence-corrected chi connectivity index (χ2v) is 7.30. The topological polar surface area (TPSA) is 62.3 Å². The van der Waals surface area contributed by atoms with E-state index in [1.54, 1.807) is 11.0 Å². The molecule has 0 unspecified atom stereocenters. The van der Waals surface area contributed by atoms with Crippen LogP contribution in [0.25, 0.3) is 10.9 Å². The number of carbonyl (C=O) groups is 2. The number of para-hydroxylation sites is 3. The van der Waals surface area contributed by atoms with Gasteiger partial charge in [-0.3, -0.25) is 9.59 Å². The van der Waals surface area contributed by atoms with Crippen LogP contribution in [0.4, 0.5) is 11.4 Å². The van der Waals surface area contributed by atoms with E-state index < -0.39 is 0 Å². The maximum atomic E-state index is 12.8. The lowest BCUT2D eigenvalue weighted by Gasteiger charge is -2.29. The highest BCUT2D eigenvalue weighted by atomic mass is 32.2. The van der Waals surface area contributed by atoms with Crippen LogP contribution in [0.2, 0.25) is 0 Å². The Morgan fingerprint density at radius 2 is 1.96 bits per heavy atom. The number of fused-ring (bicyclic) bond motifs is 2. The number of hydrogen-bond acceptors (Lipinski definition) is 4. The van der Waals surface area contributed by atoms with Gasteiger partial charge in [0, 0.05) is 5.39 Å². The van der Waals surface area contributed by atoms with E-state index in [9.17, 15) is 9.59 Å². The van der Waals surface area contributed by atoms with Gasteiger partial charge in [0.15, 0.2) is 0 Å². The number of nitrogens with zero attached hydrogens (tertiary/aromatic N) is 2. The zero-order valence-electron chi connectivity index (χ0n) is 14.9. The van der Waals surface area contributed by atoms with Crippen LogP contribution < -0.4 is 10.2 Å². The number of amides is 2. The van der Waals surface area contributed by atoms with Crippen molar-refractivity contribution in [3.8, 4) is 0 Å². The number of nitrogens with one attached hydrogen (secondary N) is 1. The number of thioether (sulfide) groups is 1. The van der Waals surface area contributed by atoms with Crippen LogP contribution in [0.1, 0.15) is 12.5 Å². The lowest BCUT2D eigenvalue weighted by Crippen LogP contribution is -2.43. The number of rotatable bonds is 4. The summed E-state index contributed by atoms with van der Waals surface area (Å²) in [6.07, 6.45) is 0.851. The number of aryl methyl sites for hydroxylation is 1. The molecule has 0 bridgehead atoms. The van der Waals surface area contributed by atoms with Gasteiger partial charge >= 0.3 is 0 Å². The highest BCUT2D eigenvalue weighted by Crippen LogP contribution is 2.31. The Balaban J connectivity index is 1.56. The van der Waals surface area contributed by atoms with Gasteiger partial charge in [0.25, 0.3) is 0 Å². The predicted octanol–water partition coefficient (Wildman–Crippen LogP) is 3.87. The predicted molar refractivity (Wildman–Crippen MR) is 109 cm³/mol. The third kappa shape index (κ3) is 3.53. The normalized spacial score (nSPS) is 13.4. The first kappa shape index (κ1) is 17.5. The highest BCUT2D eigenvalue weighted by molar-refractivity contribution is 8.00. The van der Waals surface area contributed by atoms with E-state index in [0.29, 0.717) is 5.69 Å². The summed E-state index contributed by atoms with van der Waals surface area (Å²) < 4.78 is 0. The minimum atomic E-state index is -0.176. The first-order valence-electron chi connectivity index (χ1n) is 8.86. The molecule has 0 saturated heterocycles. The largest absolute Gasteiger partial charge is 0.323 e. The van der Waals surface area contributed by atoms with Crippen molar-refractivity contribution >= 4 is 45.9 Å². The van der Waals surface area contributed by atoms with Gasteiger partial charge in [-0.25, -0.2) is 4.98 Å². The first-order valence-corrected chi connectivity index (χ1v) is 9.85.